The zero-order chi connectivity index (χ0) is 8.93. The third-order valence-corrected chi connectivity index (χ3v) is 3.19. The SMILES string of the molecule is C1CCC(=NNC2CCCC2)CC1. The van der Waals surface area contributed by atoms with Crippen molar-refractivity contribution in [3.8, 4) is 0 Å². The minimum absolute atomic E-state index is 0.689. The third kappa shape index (κ3) is 2.71. The van der Waals surface area contributed by atoms with Gasteiger partial charge < -0.3 is 5.43 Å². The Kier molecular flexibility index (Phi) is 3.22. The van der Waals surface area contributed by atoms with E-state index in [0.717, 1.165) is 0 Å². The normalized spacial score (nSPS) is 24.8. The highest BCUT2D eigenvalue weighted by Gasteiger charge is 2.14. The summed E-state index contributed by atoms with van der Waals surface area (Å²) >= 11 is 0. The molecule has 0 aliphatic heterocycles. The van der Waals surface area contributed by atoms with Gasteiger partial charge in [0.2, 0.25) is 0 Å². The number of hydrazone groups is 1. The Morgan fingerprint density at radius 3 is 2.31 bits per heavy atom. The van der Waals surface area contributed by atoms with Gasteiger partial charge in [-0.25, -0.2) is 0 Å². The predicted octanol–water partition coefficient (Wildman–Crippen LogP) is 2.84. The fraction of sp³-hybridized carbons (Fsp3) is 0.909. The van der Waals surface area contributed by atoms with Gasteiger partial charge in [0.1, 0.15) is 0 Å². The van der Waals surface area contributed by atoms with Crippen LogP contribution in [-0.2, 0) is 0 Å². The van der Waals surface area contributed by atoms with Crippen LogP contribution in [0.2, 0.25) is 0 Å². The van der Waals surface area contributed by atoms with Gasteiger partial charge in [-0.2, -0.15) is 5.10 Å². The molecule has 13 heavy (non-hydrogen) atoms. The number of nitrogens with zero attached hydrogens (tertiary/aromatic N) is 1. The van der Waals surface area contributed by atoms with E-state index in [2.05, 4.69) is 10.5 Å². The summed E-state index contributed by atoms with van der Waals surface area (Å²) in [7, 11) is 0. The van der Waals surface area contributed by atoms with Crippen molar-refractivity contribution in [1.29, 1.82) is 0 Å². The Labute approximate surface area is 80.8 Å². The molecule has 0 spiro atoms. The van der Waals surface area contributed by atoms with Crippen molar-refractivity contribution in [1.82, 2.24) is 5.43 Å². The van der Waals surface area contributed by atoms with Gasteiger partial charge in [0.05, 0.1) is 0 Å². The molecule has 2 saturated carbocycles. The summed E-state index contributed by atoms with van der Waals surface area (Å²) < 4.78 is 0. The van der Waals surface area contributed by atoms with Crippen LogP contribution < -0.4 is 5.43 Å². The molecule has 0 amide bonds. The molecule has 1 N–H and O–H groups in total. The van der Waals surface area contributed by atoms with Gasteiger partial charge in [0.15, 0.2) is 0 Å². The molecule has 0 aromatic carbocycles. The number of hydrogen-bond donors (Lipinski definition) is 1. The van der Waals surface area contributed by atoms with Crippen LogP contribution in [0.5, 0.6) is 0 Å². The van der Waals surface area contributed by atoms with E-state index in [1.165, 1.54) is 63.5 Å². The average Bonchev–Trinajstić information content (AvgIpc) is 2.69. The van der Waals surface area contributed by atoms with Crippen LogP contribution in [0.3, 0.4) is 0 Å². The summed E-state index contributed by atoms with van der Waals surface area (Å²) in [5, 5.41) is 4.53. The van der Waals surface area contributed by atoms with Crippen LogP contribution in [0.1, 0.15) is 57.8 Å². The molecule has 0 bridgehead atoms. The van der Waals surface area contributed by atoms with Crippen molar-refractivity contribution in [2.24, 2.45) is 5.10 Å². The van der Waals surface area contributed by atoms with Gasteiger partial charge in [0.25, 0.3) is 0 Å². The standard InChI is InChI=1S/C11H20N2/c1-2-6-10(7-3-1)12-13-11-8-4-5-9-11/h11,13H,1-9H2. The zero-order valence-corrected chi connectivity index (χ0v) is 8.39. The van der Waals surface area contributed by atoms with Gasteiger partial charge in [-0.15, -0.1) is 0 Å². The topological polar surface area (TPSA) is 24.4 Å². The molecule has 74 valence electrons. The Morgan fingerprint density at radius 2 is 1.62 bits per heavy atom. The molecule has 2 heteroatoms. The molecule has 2 aliphatic carbocycles. The number of rotatable bonds is 2. The van der Waals surface area contributed by atoms with E-state index >= 15 is 0 Å². The smallest absolute Gasteiger partial charge is 0.0440 e. The summed E-state index contributed by atoms with van der Waals surface area (Å²) in [6.07, 6.45) is 12.0. The molecule has 0 aromatic rings. The van der Waals surface area contributed by atoms with Crippen LogP contribution >= 0.6 is 0 Å². The molecule has 2 aliphatic rings. The fourth-order valence-electron chi connectivity index (χ4n) is 2.31. The summed E-state index contributed by atoms with van der Waals surface area (Å²) in [4.78, 5) is 0. The van der Waals surface area contributed by atoms with Crippen molar-refractivity contribution >= 4 is 5.71 Å². The van der Waals surface area contributed by atoms with Crippen molar-refractivity contribution in [2.45, 2.75) is 63.8 Å². The Morgan fingerprint density at radius 1 is 0.923 bits per heavy atom. The molecule has 2 nitrogen and oxygen atoms in total. The maximum absolute atomic E-state index is 4.53. The van der Waals surface area contributed by atoms with Gasteiger partial charge in [0, 0.05) is 11.8 Å². The second-order valence-electron chi connectivity index (χ2n) is 4.35. The average molecular weight is 180 g/mol. The number of nitrogens with one attached hydrogen (secondary N) is 1. The quantitative estimate of drug-likeness (QED) is 0.649. The van der Waals surface area contributed by atoms with E-state index in [9.17, 15) is 0 Å². The lowest BCUT2D eigenvalue weighted by atomic mass is 9.99. The van der Waals surface area contributed by atoms with Crippen LogP contribution in [0.4, 0.5) is 0 Å². The first-order valence-corrected chi connectivity index (χ1v) is 5.76. The molecular weight excluding hydrogens is 160 g/mol. The summed E-state index contributed by atoms with van der Waals surface area (Å²) in [5.41, 5.74) is 4.75. The molecule has 0 heterocycles. The van der Waals surface area contributed by atoms with Crippen molar-refractivity contribution < 1.29 is 0 Å². The summed E-state index contributed by atoms with van der Waals surface area (Å²) in [5.74, 6) is 0. The predicted molar refractivity (Wildman–Crippen MR) is 55.9 cm³/mol. The molecule has 0 aromatic heterocycles. The molecule has 2 fully saturated rings. The second kappa shape index (κ2) is 4.64. The highest BCUT2D eigenvalue weighted by Crippen LogP contribution is 2.18. The van der Waals surface area contributed by atoms with Gasteiger partial charge in [-0.3, -0.25) is 0 Å². The van der Waals surface area contributed by atoms with Crippen molar-refractivity contribution in [3.63, 3.8) is 0 Å². The summed E-state index contributed by atoms with van der Waals surface area (Å²) in [6, 6.07) is 0.689. The van der Waals surface area contributed by atoms with Crippen molar-refractivity contribution in [2.75, 3.05) is 0 Å². The lowest BCUT2D eigenvalue weighted by Gasteiger charge is -2.14. The first-order chi connectivity index (χ1) is 6.45. The van der Waals surface area contributed by atoms with Gasteiger partial charge >= 0.3 is 0 Å². The molecule has 2 rings (SSSR count). The molecule has 0 atom stereocenters. The highest BCUT2D eigenvalue weighted by atomic mass is 15.3. The maximum Gasteiger partial charge on any atom is 0.0440 e. The Hall–Kier alpha value is -0.530. The summed E-state index contributed by atoms with van der Waals surface area (Å²) in [6.45, 7) is 0. The molecule has 0 saturated heterocycles. The lowest BCUT2D eigenvalue weighted by molar-refractivity contribution is 0.539. The van der Waals surface area contributed by atoms with E-state index in [1.54, 1.807) is 0 Å². The molecule has 0 radical (unpaired) electrons. The molecular formula is C11H20N2. The van der Waals surface area contributed by atoms with Crippen LogP contribution in [0.15, 0.2) is 5.10 Å². The van der Waals surface area contributed by atoms with Gasteiger partial charge in [-0.05, 0) is 38.5 Å². The Bertz CT molecular complexity index is 173. The molecule has 0 unspecified atom stereocenters. The van der Waals surface area contributed by atoms with E-state index in [1.807, 2.05) is 0 Å². The Balaban J connectivity index is 1.74. The minimum atomic E-state index is 0.689. The van der Waals surface area contributed by atoms with Crippen LogP contribution in [0, 0.1) is 0 Å². The second-order valence-corrected chi connectivity index (χ2v) is 4.35. The van der Waals surface area contributed by atoms with E-state index < -0.39 is 0 Å². The van der Waals surface area contributed by atoms with Crippen molar-refractivity contribution in [3.05, 3.63) is 0 Å². The highest BCUT2D eigenvalue weighted by molar-refractivity contribution is 5.84. The minimum Gasteiger partial charge on any atom is -0.307 e. The largest absolute Gasteiger partial charge is 0.307 e. The van der Waals surface area contributed by atoms with E-state index in [4.69, 9.17) is 0 Å². The third-order valence-electron chi connectivity index (χ3n) is 3.19. The van der Waals surface area contributed by atoms with E-state index in [-0.39, 0.29) is 0 Å². The first-order valence-electron chi connectivity index (χ1n) is 5.76. The fourth-order valence-corrected chi connectivity index (χ4v) is 2.31. The van der Waals surface area contributed by atoms with Crippen LogP contribution in [0.25, 0.3) is 0 Å². The number of hydrogen-bond acceptors (Lipinski definition) is 2. The maximum atomic E-state index is 4.53. The zero-order valence-electron chi connectivity index (χ0n) is 8.39. The monoisotopic (exact) mass is 180 g/mol. The first kappa shape index (κ1) is 9.04. The van der Waals surface area contributed by atoms with Gasteiger partial charge in [-0.1, -0.05) is 19.3 Å². The van der Waals surface area contributed by atoms with Crippen LogP contribution in [-0.4, -0.2) is 11.8 Å². The van der Waals surface area contributed by atoms with E-state index in [0.29, 0.717) is 6.04 Å². The lowest BCUT2D eigenvalue weighted by Crippen LogP contribution is -2.22.